The van der Waals surface area contributed by atoms with Gasteiger partial charge in [0.2, 0.25) is 0 Å². The number of rotatable bonds is 3. The second-order valence-corrected chi connectivity index (χ2v) is 5.67. The standard InChI is InChI=1S/C12H11N5O4S.C2H6/c1-5-7-8(22-10(5)17-13-3-4-14-17)15-12(21)16(9(7)18)6(2)11(19)20;1-2/h3-4,6H,1-2H3,(H,15,21)(H,19,20);1-2H3. The topological polar surface area (TPSA) is 123 Å². The molecule has 1 atom stereocenters. The van der Waals surface area contributed by atoms with Gasteiger partial charge >= 0.3 is 11.7 Å². The summed E-state index contributed by atoms with van der Waals surface area (Å²) >= 11 is 1.16. The van der Waals surface area contributed by atoms with E-state index in [4.69, 9.17) is 5.11 Å². The van der Waals surface area contributed by atoms with Crippen molar-refractivity contribution in [3.8, 4) is 5.00 Å². The maximum absolute atomic E-state index is 12.5. The molecule has 2 N–H and O–H groups in total. The largest absolute Gasteiger partial charge is 0.480 e. The predicted molar refractivity (Wildman–Crippen MR) is 90.1 cm³/mol. The number of hydrogen-bond acceptors (Lipinski definition) is 6. The molecule has 3 rings (SSSR count). The Morgan fingerprint density at radius 3 is 2.42 bits per heavy atom. The van der Waals surface area contributed by atoms with Gasteiger partial charge in [-0.25, -0.2) is 14.2 Å². The summed E-state index contributed by atoms with van der Waals surface area (Å²) < 4.78 is 0.699. The van der Waals surface area contributed by atoms with Crippen molar-refractivity contribution in [2.75, 3.05) is 0 Å². The number of nitrogens with zero attached hydrogens (tertiary/aromatic N) is 4. The number of carbonyl (C=O) groups is 1. The summed E-state index contributed by atoms with van der Waals surface area (Å²) in [4.78, 5) is 39.9. The zero-order valence-corrected chi connectivity index (χ0v) is 14.4. The molecular formula is C14H17N5O4S. The number of carboxylic acid groups (broad SMARTS) is 1. The molecule has 128 valence electrons. The van der Waals surface area contributed by atoms with E-state index in [0.29, 0.717) is 20.0 Å². The summed E-state index contributed by atoms with van der Waals surface area (Å²) in [7, 11) is 0. The lowest BCUT2D eigenvalue weighted by Crippen LogP contribution is -2.39. The van der Waals surface area contributed by atoms with Crippen LogP contribution < -0.4 is 11.2 Å². The highest BCUT2D eigenvalue weighted by molar-refractivity contribution is 7.21. The molecule has 0 radical (unpaired) electrons. The van der Waals surface area contributed by atoms with Crippen LogP contribution in [0, 0.1) is 6.92 Å². The van der Waals surface area contributed by atoms with Gasteiger partial charge in [-0.3, -0.25) is 9.78 Å². The summed E-state index contributed by atoms with van der Waals surface area (Å²) in [6, 6.07) is -1.26. The van der Waals surface area contributed by atoms with Crippen molar-refractivity contribution in [1.82, 2.24) is 24.5 Å². The third-order valence-corrected chi connectivity index (χ3v) is 4.51. The van der Waals surface area contributed by atoms with Crippen molar-refractivity contribution >= 4 is 27.5 Å². The molecule has 3 aromatic heterocycles. The van der Waals surface area contributed by atoms with E-state index in [-0.39, 0.29) is 5.39 Å². The lowest BCUT2D eigenvalue weighted by atomic mass is 10.2. The van der Waals surface area contributed by atoms with Gasteiger partial charge < -0.3 is 5.11 Å². The van der Waals surface area contributed by atoms with E-state index in [1.807, 2.05) is 13.8 Å². The molecule has 3 heterocycles. The lowest BCUT2D eigenvalue weighted by Gasteiger charge is -2.08. The molecule has 9 nitrogen and oxygen atoms in total. The molecule has 0 aromatic carbocycles. The van der Waals surface area contributed by atoms with Gasteiger partial charge in [0.05, 0.1) is 17.8 Å². The normalized spacial score (nSPS) is 11.8. The van der Waals surface area contributed by atoms with Crippen LogP contribution >= 0.6 is 11.3 Å². The number of aromatic amines is 1. The zero-order valence-electron chi connectivity index (χ0n) is 13.6. The molecule has 0 saturated heterocycles. The third-order valence-electron chi connectivity index (χ3n) is 3.34. The minimum Gasteiger partial charge on any atom is -0.480 e. The quantitative estimate of drug-likeness (QED) is 0.733. The SMILES string of the molecule is CC.Cc1c(-n2nccn2)sc2[nH]c(=O)n(C(C)C(=O)O)c(=O)c12. The average molecular weight is 351 g/mol. The summed E-state index contributed by atoms with van der Waals surface area (Å²) in [5.74, 6) is -1.26. The third kappa shape index (κ3) is 2.75. The van der Waals surface area contributed by atoms with Gasteiger partial charge in [-0.1, -0.05) is 25.2 Å². The van der Waals surface area contributed by atoms with Crippen molar-refractivity contribution < 1.29 is 9.90 Å². The van der Waals surface area contributed by atoms with Crippen LogP contribution in [0.2, 0.25) is 0 Å². The fourth-order valence-electron chi connectivity index (χ4n) is 2.19. The van der Waals surface area contributed by atoms with Gasteiger partial charge in [0.25, 0.3) is 5.56 Å². The summed E-state index contributed by atoms with van der Waals surface area (Å²) in [6.45, 7) is 6.98. The molecule has 0 aliphatic rings. The molecule has 24 heavy (non-hydrogen) atoms. The number of aromatic nitrogens is 5. The monoisotopic (exact) mass is 351 g/mol. The Kier molecular flexibility index (Phi) is 4.98. The Morgan fingerprint density at radius 1 is 1.29 bits per heavy atom. The molecule has 3 aromatic rings. The number of aryl methyl sites for hydroxylation is 1. The first kappa shape index (κ1) is 17.6. The molecule has 1 unspecified atom stereocenters. The van der Waals surface area contributed by atoms with E-state index in [1.165, 1.54) is 24.1 Å². The summed E-state index contributed by atoms with van der Waals surface area (Å²) in [5.41, 5.74) is -0.807. The Labute approximate surface area is 140 Å². The van der Waals surface area contributed by atoms with Crippen LogP contribution in [0.3, 0.4) is 0 Å². The summed E-state index contributed by atoms with van der Waals surface area (Å²) in [6.07, 6.45) is 2.99. The highest BCUT2D eigenvalue weighted by Gasteiger charge is 2.23. The van der Waals surface area contributed by atoms with Crippen LogP contribution in [0.25, 0.3) is 15.2 Å². The minimum atomic E-state index is -1.26. The van der Waals surface area contributed by atoms with E-state index >= 15 is 0 Å². The Hall–Kier alpha value is -2.75. The fraction of sp³-hybridized carbons (Fsp3) is 0.357. The van der Waals surface area contributed by atoms with Crippen LogP contribution in [0.4, 0.5) is 0 Å². The van der Waals surface area contributed by atoms with Crippen LogP contribution in [-0.2, 0) is 4.79 Å². The molecule has 0 saturated carbocycles. The molecule has 0 aliphatic heterocycles. The van der Waals surface area contributed by atoms with E-state index in [9.17, 15) is 14.4 Å². The van der Waals surface area contributed by atoms with E-state index in [2.05, 4.69) is 15.2 Å². The molecule has 0 fully saturated rings. The maximum atomic E-state index is 12.5. The van der Waals surface area contributed by atoms with E-state index in [0.717, 1.165) is 11.3 Å². The van der Waals surface area contributed by atoms with Crippen molar-refractivity contribution in [1.29, 1.82) is 0 Å². The maximum Gasteiger partial charge on any atom is 0.330 e. The highest BCUT2D eigenvalue weighted by Crippen LogP contribution is 2.28. The first-order valence-corrected chi connectivity index (χ1v) is 8.11. The number of thiophene rings is 1. The van der Waals surface area contributed by atoms with Crippen LogP contribution in [0.15, 0.2) is 22.0 Å². The van der Waals surface area contributed by atoms with Crippen LogP contribution in [0.5, 0.6) is 0 Å². The second kappa shape index (κ2) is 6.79. The van der Waals surface area contributed by atoms with Crippen molar-refractivity contribution in [2.45, 2.75) is 33.7 Å². The average Bonchev–Trinajstić information content (AvgIpc) is 3.17. The molecule has 10 heteroatoms. The Balaban J connectivity index is 0.00000100. The Morgan fingerprint density at radius 2 is 1.88 bits per heavy atom. The fourth-order valence-corrected chi connectivity index (χ4v) is 3.30. The number of nitrogens with one attached hydrogen (secondary N) is 1. The van der Waals surface area contributed by atoms with E-state index in [1.54, 1.807) is 6.92 Å². The van der Waals surface area contributed by atoms with Crippen LogP contribution in [-0.4, -0.2) is 35.6 Å². The number of aliphatic carboxylic acids is 1. The van der Waals surface area contributed by atoms with Crippen LogP contribution in [0.1, 0.15) is 32.4 Å². The second-order valence-electron chi connectivity index (χ2n) is 4.67. The molecule has 0 spiro atoms. The molecule has 0 bridgehead atoms. The van der Waals surface area contributed by atoms with Gasteiger partial charge in [0.1, 0.15) is 15.9 Å². The first-order valence-electron chi connectivity index (χ1n) is 7.29. The first-order chi connectivity index (χ1) is 11.4. The predicted octanol–water partition coefficient (Wildman–Crippen LogP) is 1.31. The van der Waals surface area contributed by atoms with E-state index < -0.39 is 23.3 Å². The van der Waals surface area contributed by atoms with Gasteiger partial charge in [-0.05, 0) is 13.8 Å². The van der Waals surface area contributed by atoms with Gasteiger partial charge in [0.15, 0.2) is 0 Å². The highest BCUT2D eigenvalue weighted by atomic mass is 32.1. The van der Waals surface area contributed by atoms with Gasteiger partial charge in [-0.2, -0.15) is 10.2 Å². The molecule has 0 amide bonds. The van der Waals surface area contributed by atoms with Crippen molar-refractivity contribution in [2.24, 2.45) is 0 Å². The zero-order chi connectivity index (χ0) is 18.0. The smallest absolute Gasteiger partial charge is 0.330 e. The van der Waals surface area contributed by atoms with Crippen molar-refractivity contribution in [3.05, 3.63) is 38.8 Å². The summed E-state index contributed by atoms with van der Waals surface area (Å²) in [5, 5.41) is 17.9. The lowest BCUT2D eigenvalue weighted by molar-refractivity contribution is -0.140. The number of fused-ring (bicyclic) bond motifs is 1. The van der Waals surface area contributed by atoms with Gasteiger partial charge in [-0.15, -0.1) is 4.80 Å². The number of hydrogen-bond donors (Lipinski definition) is 2. The Bertz CT molecular complexity index is 983. The van der Waals surface area contributed by atoms with Gasteiger partial charge in [0, 0.05) is 5.56 Å². The number of H-pyrrole nitrogens is 1. The number of carboxylic acids is 1. The molecule has 0 aliphatic carbocycles. The minimum absolute atomic E-state index is 0.269. The van der Waals surface area contributed by atoms with Crippen molar-refractivity contribution in [3.63, 3.8) is 0 Å². The molecular weight excluding hydrogens is 334 g/mol.